The Hall–Kier alpha value is -3.42. The van der Waals surface area contributed by atoms with Crippen molar-refractivity contribution in [2.45, 2.75) is 25.4 Å². The summed E-state index contributed by atoms with van der Waals surface area (Å²) in [4.78, 5) is 12.4. The summed E-state index contributed by atoms with van der Waals surface area (Å²) in [6.45, 7) is 4.15. The first kappa shape index (κ1) is 23.7. The lowest BCUT2D eigenvalue weighted by Gasteiger charge is -2.10. The summed E-state index contributed by atoms with van der Waals surface area (Å²) in [5.74, 6) is 0.610. The third-order valence-electron chi connectivity index (χ3n) is 5.15. The molecule has 3 aromatic carbocycles. The van der Waals surface area contributed by atoms with Crippen LogP contribution >= 0.6 is 23.4 Å². The Morgan fingerprint density at radius 2 is 1.74 bits per heavy atom. The molecule has 4 rings (SSSR count). The van der Waals surface area contributed by atoms with Crippen LogP contribution in [-0.2, 0) is 11.2 Å². The monoisotopic (exact) mass is 489 g/mol. The van der Waals surface area contributed by atoms with E-state index in [9.17, 15) is 4.79 Å². The minimum Gasteiger partial charge on any atom is -0.272 e. The van der Waals surface area contributed by atoms with E-state index in [0.717, 1.165) is 28.8 Å². The number of hydrazone groups is 1. The molecular weight excluding hydrogens is 466 g/mol. The fourth-order valence-corrected chi connectivity index (χ4v) is 4.13. The summed E-state index contributed by atoms with van der Waals surface area (Å²) in [5, 5.41) is 14.1. The van der Waals surface area contributed by atoms with Gasteiger partial charge in [-0.15, -0.1) is 10.2 Å². The highest BCUT2D eigenvalue weighted by molar-refractivity contribution is 7.99. The molecule has 1 N–H and O–H groups in total. The van der Waals surface area contributed by atoms with Gasteiger partial charge in [0.05, 0.1) is 12.0 Å². The number of hydrogen-bond donors (Lipinski definition) is 1. The van der Waals surface area contributed by atoms with Crippen LogP contribution in [-0.4, -0.2) is 32.6 Å². The van der Waals surface area contributed by atoms with E-state index in [0.29, 0.717) is 16.0 Å². The lowest BCUT2D eigenvalue weighted by molar-refractivity contribution is -0.118. The molecule has 0 atom stereocenters. The number of hydrogen-bond acceptors (Lipinski definition) is 5. The van der Waals surface area contributed by atoms with Gasteiger partial charge in [0.25, 0.3) is 5.91 Å². The van der Waals surface area contributed by atoms with E-state index in [2.05, 4.69) is 27.6 Å². The molecule has 0 aliphatic heterocycles. The fraction of sp³-hybridized carbons (Fsp3) is 0.154. The van der Waals surface area contributed by atoms with Gasteiger partial charge in [0.1, 0.15) is 0 Å². The zero-order valence-corrected chi connectivity index (χ0v) is 20.5. The number of halogens is 1. The van der Waals surface area contributed by atoms with Crippen molar-refractivity contribution in [3.63, 3.8) is 0 Å². The van der Waals surface area contributed by atoms with Gasteiger partial charge in [-0.3, -0.25) is 9.36 Å². The minimum atomic E-state index is -0.228. The summed E-state index contributed by atoms with van der Waals surface area (Å²) in [6.07, 6.45) is 2.62. The second kappa shape index (κ2) is 11.1. The smallest absolute Gasteiger partial charge is 0.250 e. The van der Waals surface area contributed by atoms with Gasteiger partial charge in [0, 0.05) is 16.3 Å². The average molecular weight is 490 g/mol. The maximum absolute atomic E-state index is 12.4. The topological polar surface area (TPSA) is 72.2 Å². The van der Waals surface area contributed by atoms with Gasteiger partial charge < -0.3 is 0 Å². The minimum absolute atomic E-state index is 0.145. The Balaban J connectivity index is 1.48. The molecule has 1 amide bonds. The standard InChI is InChI=1S/C26H24ClN5OS/c1-3-19-6-8-20(9-7-19)16-28-29-24(33)17-34-26-31-30-25(21-10-4-18(2)5-11-21)32(26)23-14-12-22(27)13-15-23/h4-16H,3,17H2,1-2H3,(H,29,33)/b28-16-. The van der Waals surface area contributed by atoms with Crippen LogP contribution in [0.5, 0.6) is 0 Å². The third kappa shape index (κ3) is 5.92. The van der Waals surface area contributed by atoms with E-state index in [4.69, 9.17) is 11.6 Å². The summed E-state index contributed by atoms with van der Waals surface area (Å²) < 4.78 is 1.93. The van der Waals surface area contributed by atoms with Crippen LogP contribution in [0.2, 0.25) is 5.02 Å². The second-order valence-corrected chi connectivity index (χ2v) is 9.04. The Morgan fingerprint density at radius 1 is 1.03 bits per heavy atom. The molecule has 0 bridgehead atoms. The molecule has 172 valence electrons. The summed E-state index contributed by atoms with van der Waals surface area (Å²) in [7, 11) is 0. The molecule has 0 saturated heterocycles. The van der Waals surface area contributed by atoms with E-state index < -0.39 is 0 Å². The van der Waals surface area contributed by atoms with Crippen LogP contribution in [0.4, 0.5) is 0 Å². The van der Waals surface area contributed by atoms with Crippen LogP contribution in [0, 0.1) is 6.92 Å². The highest BCUT2D eigenvalue weighted by atomic mass is 35.5. The maximum Gasteiger partial charge on any atom is 0.250 e. The highest BCUT2D eigenvalue weighted by Gasteiger charge is 2.17. The Kier molecular flexibility index (Phi) is 7.77. The molecule has 0 aliphatic rings. The van der Waals surface area contributed by atoms with E-state index >= 15 is 0 Å². The number of nitrogens with zero attached hydrogens (tertiary/aromatic N) is 4. The molecule has 6 nitrogen and oxygen atoms in total. The van der Waals surface area contributed by atoms with Crippen molar-refractivity contribution in [3.8, 4) is 17.1 Å². The summed E-state index contributed by atoms with van der Waals surface area (Å²) in [6, 6.07) is 23.6. The average Bonchev–Trinajstić information content (AvgIpc) is 3.28. The molecule has 0 saturated carbocycles. The highest BCUT2D eigenvalue weighted by Crippen LogP contribution is 2.28. The first-order chi connectivity index (χ1) is 16.5. The maximum atomic E-state index is 12.4. The normalized spacial score (nSPS) is 11.1. The summed E-state index contributed by atoms with van der Waals surface area (Å²) in [5.41, 5.74) is 7.72. The SMILES string of the molecule is CCc1ccc(/C=N\NC(=O)CSc2nnc(-c3ccc(C)cc3)n2-c2ccc(Cl)cc2)cc1. The molecule has 0 unspecified atom stereocenters. The predicted octanol–water partition coefficient (Wildman–Crippen LogP) is 5.70. The molecule has 0 fully saturated rings. The number of carbonyl (C=O) groups is 1. The van der Waals surface area contributed by atoms with E-state index in [1.54, 1.807) is 6.21 Å². The molecule has 0 aliphatic carbocycles. The van der Waals surface area contributed by atoms with Crippen LogP contribution < -0.4 is 5.43 Å². The summed E-state index contributed by atoms with van der Waals surface area (Å²) >= 11 is 7.38. The van der Waals surface area contributed by atoms with E-state index in [1.807, 2.05) is 84.3 Å². The van der Waals surface area contributed by atoms with Crippen LogP contribution in [0.25, 0.3) is 17.1 Å². The molecule has 34 heavy (non-hydrogen) atoms. The number of thioether (sulfide) groups is 1. The van der Waals surface area contributed by atoms with Crippen molar-refractivity contribution >= 4 is 35.5 Å². The van der Waals surface area contributed by atoms with Crippen molar-refractivity contribution in [1.82, 2.24) is 20.2 Å². The molecule has 1 aromatic heterocycles. The van der Waals surface area contributed by atoms with Crippen molar-refractivity contribution in [1.29, 1.82) is 0 Å². The number of aryl methyl sites for hydroxylation is 2. The number of carbonyl (C=O) groups excluding carboxylic acids is 1. The van der Waals surface area contributed by atoms with Crippen molar-refractivity contribution in [2.24, 2.45) is 5.10 Å². The first-order valence-corrected chi connectivity index (χ1v) is 12.2. The van der Waals surface area contributed by atoms with Crippen LogP contribution in [0.3, 0.4) is 0 Å². The molecule has 0 radical (unpaired) electrons. The van der Waals surface area contributed by atoms with Crippen LogP contribution in [0.1, 0.15) is 23.6 Å². The zero-order valence-electron chi connectivity index (χ0n) is 18.9. The Morgan fingerprint density at radius 3 is 2.41 bits per heavy atom. The van der Waals surface area contributed by atoms with E-state index in [1.165, 1.54) is 17.3 Å². The van der Waals surface area contributed by atoms with E-state index in [-0.39, 0.29) is 11.7 Å². The van der Waals surface area contributed by atoms with Gasteiger partial charge in [-0.1, -0.05) is 84.4 Å². The van der Waals surface area contributed by atoms with Crippen molar-refractivity contribution in [3.05, 3.63) is 94.5 Å². The van der Waals surface area contributed by atoms with Gasteiger partial charge >= 0.3 is 0 Å². The molecule has 1 heterocycles. The lowest BCUT2D eigenvalue weighted by Crippen LogP contribution is -2.20. The lowest BCUT2D eigenvalue weighted by atomic mass is 10.1. The molecule has 0 spiro atoms. The third-order valence-corrected chi connectivity index (χ3v) is 6.33. The Bertz CT molecular complexity index is 1280. The van der Waals surface area contributed by atoms with Crippen molar-refractivity contribution in [2.75, 3.05) is 5.75 Å². The largest absolute Gasteiger partial charge is 0.272 e. The molecular formula is C26H24ClN5OS. The predicted molar refractivity (Wildman–Crippen MR) is 139 cm³/mol. The fourth-order valence-electron chi connectivity index (χ4n) is 3.26. The van der Waals surface area contributed by atoms with Gasteiger partial charge in [0.15, 0.2) is 11.0 Å². The number of nitrogens with one attached hydrogen (secondary N) is 1. The van der Waals surface area contributed by atoms with Crippen molar-refractivity contribution < 1.29 is 4.79 Å². The van der Waals surface area contributed by atoms with Gasteiger partial charge in [-0.2, -0.15) is 5.10 Å². The Labute approximate surface area is 208 Å². The van der Waals surface area contributed by atoms with Gasteiger partial charge in [-0.25, -0.2) is 5.43 Å². The molecule has 4 aromatic rings. The number of amides is 1. The quantitative estimate of drug-likeness (QED) is 0.196. The first-order valence-electron chi connectivity index (χ1n) is 10.9. The number of rotatable bonds is 8. The zero-order chi connectivity index (χ0) is 23.9. The van der Waals surface area contributed by atoms with Gasteiger partial charge in [-0.05, 0) is 48.7 Å². The van der Waals surface area contributed by atoms with Crippen LogP contribution in [0.15, 0.2) is 83.1 Å². The molecule has 8 heteroatoms. The second-order valence-electron chi connectivity index (χ2n) is 7.66. The number of aromatic nitrogens is 3. The van der Waals surface area contributed by atoms with Gasteiger partial charge in [0.2, 0.25) is 0 Å². The number of benzene rings is 3.